The molecule has 0 atom stereocenters. The fourth-order valence-corrected chi connectivity index (χ4v) is 1.55. The topological polar surface area (TPSA) is 78.9 Å². The third-order valence-corrected chi connectivity index (χ3v) is 2.47. The maximum atomic E-state index is 11.3. The standard InChI is InChI=1S/C9H8N2O3/c12-8-5-3-6(4-1-2-4)14-7(5)9(13)11-10-8/h3-4H,1-2H2,(H,10,12)(H,11,13). The van der Waals surface area contributed by atoms with Crippen LogP contribution in [0, 0.1) is 0 Å². The van der Waals surface area contributed by atoms with Crippen LogP contribution < -0.4 is 11.1 Å². The van der Waals surface area contributed by atoms with Gasteiger partial charge in [-0.15, -0.1) is 0 Å². The van der Waals surface area contributed by atoms with E-state index in [1.54, 1.807) is 6.07 Å². The van der Waals surface area contributed by atoms with Crippen LogP contribution in [0.25, 0.3) is 11.0 Å². The molecule has 3 rings (SSSR count). The Kier molecular flexibility index (Phi) is 1.29. The predicted octanol–water partition coefficient (Wildman–Crippen LogP) is 0.687. The highest BCUT2D eigenvalue weighted by molar-refractivity contribution is 5.75. The Labute approximate surface area is 77.7 Å². The molecular weight excluding hydrogens is 184 g/mol. The summed E-state index contributed by atoms with van der Waals surface area (Å²) in [7, 11) is 0. The normalized spacial score (nSPS) is 16.3. The lowest BCUT2D eigenvalue weighted by Gasteiger charge is -1.85. The van der Waals surface area contributed by atoms with Crippen molar-refractivity contribution >= 4 is 11.0 Å². The number of nitrogens with one attached hydrogen (secondary N) is 2. The van der Waals surface area contributed by atoms with E-state index in [-0.39, 0.29) is 16.7 Å². The SMILES string of the molecule is O=c1[nH][nH]c(=O)c2oc(C3CC3)cc12. The van der Waals surface area contributed by atoms with E-state index in [9.17, 15) is 9.59 Å². The zero-order valence-corrected chi connectivity index (χ0v) is 7.29. The second-order valence-electron chi connectivity index (χ2n) is 3.57. The van der Waals surface area contributed by atoms with Crippen LogP contribution in [0.1, 0.15) is 24.5 Å². The third kappa shape index (κ3) is 0.951. The van der Waals surface area contributed by atoms with Crippen LogP contribution in [0.5, 0.6) is 0 Å². The molecule has 14 heavy (non-hydrogen) atoms. The number of furan rings is 1. The molecule has 1 saturated carbocycles. The second-order valence-corrected chi connectivity index (χ2v) is 3.57. The molecule has 1 aliphatic rings. The zero-order valence-electron chi connectivity index (χ0n) is 7.29. The van der Waals surface area contributed by atoms with Crippen LogP contribution in [-0.4, -0.2) is 10.2 Å². The van der Waals surface area contributed by atoms with Gasteiger partial charge in [0.15, 0.2) is 0 Å². The molecule has 0 unspecified atom stereocenters. The van der Waals surface area contributed by atoms with Gasteiger partial charge in [-0.1, -0.05) is 0 Å². The number of rotatable bonds is 1. The lowest BCUT2D eigenvalue weighted by atomic mass is 10.3. The molecule has 2 N–H and O–H groups in total. The summed E-state index contributed by atoms with van der Waals surface area (Å²) < 4.78 is 5.34. The van der Waals surface area contributed by atoms with E-state index in [4.69, 9.17) is 4.42 Å². The zero-order chi connectivity index (χ0) is 9.71. The summed E-state index contributed by atoms with van der Waals surface area (Å²) in [5, 5.41) is 4.83. The third-order valence-electron chi connectivity index (χ3n) is 2.47. The second kappa shape index (κ2) is 2.37. The van der Waals surface area contributed by atoms with Gasteiger partial charge < -0.3 is 4.42 Å². The lowest BCUT2D eigenvalue weighted by molar-refractivity contribution is 0.547. The van der Waals surface area contributed by atoms with Crippen molar-refractivity contribution in [3.63, 3.8) is 0 Å². The minimum Gasteiger partial charge on any atom is -0.455 e. The van der Waals surface area contributed by atoms with Crippen molar-refractivity contribution in [1.29, 1.82) is 0 Å². The maximum Gasteiger partial charge on any atom is 0.306 e. The summed E-state index contributed by atoms with van der Waals surface area (Å²) in [4.78, 5) is 22.6. The largest absolute Gasteiger partial charge is 0.455 e. The van der Waals surface area contributed by atoms with Gasteiger partial charge in [0.1, 0.15) is 5.76 Å². The Morgan fingerprint density at radius 2 is 1.93 bits per heavy atom. The Bertz CT molecular complexity index is 553. The Hall–Kier alpha value is -1.78. The van der Waals surface area contributed by atoms with E-state index in [0.29, 0.717) is 11.3 Å². The number of hydrogen-bond donors (Lipinski definition) is 2. The highest BCUT2D eigenvalue weighted by Gasteiger charge is 2.28. The lowest BCUT2D eigenvalue weighted by Crippen LogP contribution is -2.17. The van der Waals surface area contributed by atoms with Crippen LogP contribution in [0.3, 0.4) is 0 Å². The summed E-state index contributed by atoms with van der Waals surface area (Å²) in [6, 6.07) is 1.67. The highest BCUT2D eigenvalue weighted by Crippen LogP contribution is 2.41. The molecule has 1 fully saturated rings. The molecule has 2 heterocycles. The van der Waals surface area contributed by atoms with Crippen molar-refractivity contribution in [3.05, 3.63) is 32.5 Å². The van der Waals surface area contributed by atoms with E-state index >= 15 is 0 Å². The van der Waals surface area contributed by atoms with E-state index < -0.39 is 0 Å². The highest BCUT2D eigenvalue weighted by atomic mass is 16.3. The molecule has 5 heteroatoms. The minimum absolute atomic E-state index is 0.135. The van der Waals surface area contributed by atoms with Crippen molar-refractivity contribution in [2.75, 3.05) is 0 Å². The molecule has 5 nitrogen and oxygen atoms in total. The van der Waals surface area contributed by atoms with Gasteiger partial charge in [-0.2, -0.15) is 0 Å². The van der Waals surface area contributed by atoms with Gasteiger partial charge in [0.25, 0.3) is 5.56 Å². The van der Waals surface area contributed by atoms with Gasteiger partial charge in [0.2, 0.25) is 5.58 Å². The van der Waals surface area contributed by atoms with Crippen LogP contribution in [0.15, 0.2) is 20.1 Å². The van der Waals surface area contributed by atoms with Crippen LogP contribution in [0.4, 0.5) is 0 Å². The molecule has 0 aliphatic heterocycles. The van der Waals surface area contributed by atoms with Gasteiger partial charge in [0.05, 0.1) is 5.39 Å². The maximum absolute atomic E-state index is 11.3. The number of aromatic amines is 2. The van der Waals surface area contributed by atoms with Crippen LogP contribution >= 0.6 is 0 Å². The molecule has 0 saturated heterocycles. The first kappa shape index (κ1) is 7.61. The summed E-state index contributed by atoms with van der Waals surface area (Å²) in [6.07, 6.45) is 2.16. The molecule has 72 valence electrons. The van der Waals surface area contributed by atoms with Crippen molar-refractivity contribution < 1.29 is 4.42 Å². The molecule has 0 radical (unpaired) electrons. The summed E-state index contributed by atoms with van der Waals surface area (Å²) in [5.41, 5.74) is -0.558. The monoisotopic (exact) mass is 192 g/mol. The van der Waals surface area contributed by atoms with Gasteiger partial charge in [-0.3, -0.25) is 19.8 Å². The molecule has 2 aromatic rings. The average Bonchev–Trinajstić information content (AvgIpc) is 2.92. The van der Waals surface area contributed by atoms with Crippen molar-refractivity contribution in [2.45, 2.75) is 18.8 Å². The minimum atomic E-state index is -0.383. The predicted molar refractivity (Wildman–Crippen MR) is 49.4 cm³/mol. The fraction of sp³-hybridized carbons (Fsp3) is 0.333. The van der Waals surface area contributed by atoms with Crippen molar-refractivity contribution in [1.82, 2.24) is 10.2 Å². The molecule has 0 aromatic carbocycles. The number of aromatic nitrogens is 2. The van der Waals surface area contributed by atoms with Gasteiger partial charge >= 0.3 is 5.56 Å². The van der Waals surface area contributed by atoms with E-state index in [2.05, 4.69) is 10.2 Å². The molecule has 0 spiro atoms. The van der Waals surface area contributed by atoms with Crippen LogP contribution in [0.2, 0.25) is 0 Å². The summed E-state index contributed by atoms with van der Waals surface area (Å²) in [6.45, 7) is 0. The van der Waals surface area contributed by atoms with E-state index in [0.717, 1.165) is 18.6 Å². The average molecular weight is 192 g/mol. The summed E-state index contributed by atoms with van der Waals surface area (Å²) >= 11 is 0. The summed E-state index contributed by atoms with van der Waals surface area (Å²) in [5.74, 6) is 1.16. The van der Waals surface area contributed by atoms with Gasteiger partial charge in [0, 0.05) is 5.92 Å². The van der Waals surface area contributed by atoms with Gasteiger partial charge in [-0.05, 0) is 18.9 Å². The molecule has 1 aliphatic carbocycles. The van der Waals surface area contributed by atoms with E-state index in [1.807, 2.05) is 0 Å². The van der Waals surface area contributed by atoms with Crippen molar-refractivity contribution in [3.8, 4) is 0 Å². The first-order valence-electron chi connectivity index (χ1n) is 4.50. The number of hydrogen-bond acceptors (Lipinski definition) is 3. The molecule has 0 amide bonds. The van der Waals surface area contributed by atoms with E-state index in [1.165, 1.54) is 0 Å². The molecule has 0 bridgehead atoms. The van der Waals surface area contributed by atoms with Crippen LogP contribution in [-0.2, 0) is 0 Å². The number of H-pyrrole nitrogens is 2. The quantitative estimate of drug-likeness (QED) is 0.697. The number of fused-ring (bicyclic) bond motifs is 1. The smallest absolute Gasteiger partial charge is 0.306 e. The first-order valence-corrected chi connectivity index (χ1v) is 4.50. The first-order chi connectivity index (χ1) is 6.75. The Morgan fingerprint density at radius 1 is 1.21 bits per heavy atom. The van der Waals surface area contributed by atoms with Crippen molar-refractivity contribution in [2.24, 2.45) is 0 Å². The fourth-order valence-electron chi connectivity index (χ4n) is 1.55. The Balaban J connectivity index is 2.41. The Morgan fingerprint density at radius 3 is 2.57 bits per heavy atom. The van der Waals surface area contributed by atoms with Gasteiger partial charge in [-0.25, -0.2) is 0 Å². The molecular formula is C9H8N2O3. The molecule has 2 aromatic heterocycles.